The van der Waals surface area contributed by atoms with Crippen LogP contribution in [0.1, 0.15) is 67.2 Å². The number of hydrogen-bond donors (Lipinski definition) is 3. The molecule has 2 aliphatic rings. The molecule has 32 heavy (non-hydrogen) atoms. The van der Waals surface area contributed by atoms with E-state index < -0.39 is 41.4 Å². The van der Waals surface area contributed by atoms with E-state index in [4.69, 9.17) is 4.74 Å². The Bertz CT molecular complexity index is 952. The van der Waals surface area contributed by atoms with Crippen molar-refractivity contribution in [1.29, 1.82) is 0 Å². The molecule has 0 aliphatic carbocycles. The van der Waals surface area contributed by atoms with Crippen molar-refractivity contribution >= 4 is 35.4 Å². The number of anilines is 1. The van der Waals surface area contributed by atoms with Gasteiger partial charge in [0.15, 0.2) is 0 Å². The van der Waals surface area contributed by atoms with Gasteiger partial charge < -0.3 is 15.4 Å². The van der Waals surface area contributed by atoms with Crippen LogP contribution in [0, 0.1) is 0 Å². The van der Waals surface area contributed by atoms with Gasteiger partial charge in [0.25, 0.3) is 11.8 Å². The molecule has 1 aromatic rings. The molecule has 0 bridgehead atoms. The second-order valence-electron chi connectivity index (χ2n) is 8.77. The van der Waals surface area contributed by atoms with Crippen LogP contribution in [0.4, 0.5) is 10.5 Å². The van der Waals surface area contributed by atoms with Crippen molar-refractivity contribution in [2.24, 2.45) is 0 Å². The second kappa shape index (κ2) is 9.37. The maximum atomic E-state index is 12.8. The van der Waals surface area contributed by atoms with Gasteiger partial charge in [-0.2, -0.15) is 0 Å². The first kappa shape index (κ1) is 23.2. The average Bonchev–Trinajstić information content (AvgIpc) is 2.94. The topological polar surface area (TPSA) is 134 Å². The van der Waals surface area contributed by atoms with E-state index in [1.54, 1.807) is 39.0 Å². The first-order valence-corrected chi connectivity index (χ1v) is 10.6. The van der Waals surface area contributed by atoms with Gasteiger partial charge in [-0.15, -0.1) is 0 Å². The van der Waals surface area contributed by atoms with Crippen LogP contribution >= 0.6 is 0 Å². The first-order chi connectivity index (χ1) is 15.1. The Morgan fingerprint density at radius 3 is 2.47 bits per heavy atom. The Morgan fingerprint density at radius 2 is 1.78 bits per heavy atom. The normalized spacial score (nSPS) is 18.3. The van der Waals surface area contributed by atoms with Crippen LogP contribution in [0.3, 0.4) is 0 Å². The lowest BCUT2D eigenvalue weighted by Gasteiger charge is -2.27. The number of alkyl carbamates (subject to hydrolysis) is 1. The lowest BCUT2D eigenvalue weighted by Crippen LogP contribution is -2.54. The maximum absolute atomic E-state index is 12.8. The number of carbonyl (C=O) groups excluding carboxylic acids is 5. The minimum Gasteiger partial charge on any atom is -0.444 e. The Morgan fingerprint density at radius 1 is 1.09 bits per heavy atom. The number of ether oxygens (including phenoxy) is 1. The van der Waals surface area contributed by atoms with Gasteiger partial charge >= 0.3 is 6.09 Å². The molecule has 1 unspecified atom stereocenters. The quantitative estimate of drug-likeness (QED) is 0.431. The minimum absolute atomic E-state index is 0.0827. The highest BCUT2D eigenvalue weighted by Crippen LogP contribution is 2.29. The average molecular weight is 444 g/mol. The van der Waals surface area contributed by atoms with Crippen molar-refractivity contribution in [1.82, 2.24) is 15.5 Å². The Hall–Kier alpha value is -3.43. The van der Waals surface area contributed by atoms with Crippen molar-refractivity contribution in [2.75, 3.05) is 18.4 Å². The molecule has 1 atom stereocenters. The van der Waals surface area contributed by atoms with Crippen LogP contribution < -0.4 is 16.0 Å². The number of nitrogens with zero attached hydrogens (tertiary/aromatic N) is 1. The van der Waals surface area contributed by atoms with Crippen molar-refractivity contribution in [3.63, 3.8) is 0 Å². The zero-order chi connectivity index (χ0) is 23.5. The molecule has 5 amide bonds. The number of benzene rings is 1. The van der Waals surface area contributed by atoms with Gasteiger partial charge in [-0.1, -0.05) is 0 Å². The molecule has 3 rings (SSSR count). The smallest absolute Gasteiger partial charge is 0.407 e. The third-order valence-corrected chi connectivity index (χ3v) is 5.04. The Balaban J connectivity index is 1.50. The number of imide groups is 2. The standard InChI is InChI=1S/C22H28N4O6/c1-22(2,3)32-21(31)24-11-5-4-10-23-13-6-7-14-15(12-13)20(30)26(19(14)29)16-8-9-17(27)25-18(16)28/h6-7,12,16,23H,4-5,8-11H2,1-3H3,(H,24,31)(H,25,27,28). The number of hydrogen-bond acceptors (Lipinski definition) is 7. The van der Waals surface area contributed by atoms with E-state index >= 15 is 0 Å². The van der Waals surface area contributed by atoms with Crippen LogP contribution in [-0.4, -0.2) is 59.4 Å². The molecule has 10 heteroatoms. The summed E-state index contributed by atoms with van der Waals surface area (Å²) in [5.74, 6) is -2.10. The first-order valence-electron chi connectivity index (χ1n) is 10.6. The fraction of sp³-hybridized carbons (Fsp3) is 0.500. The van der Waals surface area contributed by atoms with E-state index in [-0.39, 0.29) is 24.0 Å². The molecule has 0 aromatic heterocycles. The molecule has 0 saturated carbocycles. The maximum Gasteiger partial charge on any atom is 0.407 e. The highest BCUT2D eigenvalue weighted by molar-refractivity contribution is 6.23. The zero-order valence-corrected chi connectivity index (χ0v) is 18.4. The van der Waals surface area contributed by atoms with E-state index in [0.717, 1.165) is 17.7 Å². The van der Waals surface area contributed by atoms with E-state index in [9.17, 15) is 24.0 Å². The molecule has 1 saturated heterocycles. The molecule has 172 valence electrons. The van der Waals surface area contributed by atoms with Crippen molar-refractivity contribution < 1.29 is 28.7 Å². The summed E-state index contributed by atoms with van der Waals surface area (Å²) in [5, 5.41) is 8.07. The third kappa shape index (κ3) is 5.43. The largest absolute Gasteiger partial charge is 0.444 e. The van der Waals surface area contributed by atoms with Crippen LogP contribution in [0.2, 0.25) is 0 Å². The molecular formula is C22H28N4O6. The number of fused-ring (bicyclic) bond motifs is 1. The van der Waals surface area contributed by atoms with Gasteiger partial charge in [0.1, 0.15) is 11.6 Å². The third-order valence-electron chi connectivity index (χ3n) is 5.04. The van der Waals surface area contributed by atoms with Gasteiger partial charge in [-0.05, 0) is 58.2 Å². The van der Waals surface area contributed by atoms with Crippen molar-refractivity contribution in [3.8, 4) is 0 Å². The minimum atomic E-state index is -0.978. The number of unbranched alkanes of at least 4 members (excludes halogenated alkanes) is 1. The summed E-state index contributed by atoms with van der Waals surface area (Å²) < 4.78 is 5.17. The summed E-state index contributed by atoms with van der Waals surface area (Å²) in [4.78, 5) is 61.5. The molecule has 3 N–H and O–H groups in total. The van der Waals surface area contributed by atoms with Crippen molar-refractivity contribution in [3.05, 3.63) is 29.3 Å². The highest BCUT2D eigenvalue weighted by Gasteiger charge is 2.44. The van der Waals surface area contributed by atoms with Gasteiger partial charge in [-0.3, -0.25) is 29.4 Å². The molecule has 2 heterocycles. The monoisotopic (exact) mass is 444 g/mol. The second-order valence-corrected chi connectivity index (χ2v) is 8.77. The number of carbonyl (C=O) groups is 5. The number of amides is 5. The van der Waals surface area contributed by atoms with Gasteiger partial charge in [0.05, 0.1) is 11.1 Å². The van der Waals surface area contributed by atoms with Gasteiger partial charge in [0.2, 0.25) is 11.8 Å². The molecule has 10 nitrogen and oxygen atoms in total. The summed E-state index contributed by atoms with van der Waals surface area (Å²) in [7, 11) is 0. The molecule has 1 fully saturated rings. The van der Waals surface area contributed by atoms with Crippen LogP contribution in [-0.2, 0) is 14.3 Å². The summed E-state index contributed by atoms with van der Waals surface area (Å²) in [6.45, 7) is 6.49. The molecule has 0 radical (unpaired) electrons. The van der Waals surface area contributed by atoms with Crippen LogP contribution in [0.25, 0.3) is 0 Å². The lowest BCUT2D eigenvalue weighted by atomic mass is 10.0. The fourth-order valence-corrected chi connectivity index (χ4v) is 3.57. The molecule has 2 aliphatic heterocycles. The predicted molar refractivity (Wildman–Crippen MR) is 115 cm³/mol. The predicted octanol–water partition coefficient (Wildman–Crippen LogP) is 1.80. The van der Waals surface area contributed by atoms with Crippen LogP contribution in [0.5, 0.6) is 0 Å². The molecular weight excluding hydrogens is 416 g/mol. The summed E-state index contributed by atoms with van der Waals surface area (Å²) in [6, 6.07) is 3.89. The Kier molecular flexibility index (Phi) is 6.81. The highest BCUT2D eigenvalue weighted by atomic mass is 16.6. The molecule has 0 spiro atoms. The fourth-order valence-electron chi connectivity index (χ4n) is 3.57. The number of nitrogens with one attached hydrogen (secondary N) is 3. The van der Waals surface area contributed by atoms with Crippen molar-refractivity contribution in [2.45, 2.75) is 58.1 Å². The van der Waals surface area contributed by atoms with Crippen LogP contribution in [0.15, 0.2) is 18.2 Å². The van der Waals surface area contributed by atoms with E-state index in [2.05, 4.69) is 16.0 Å². The SMILES string of the molecule is CC(C)(C)OC(=O)NCCCCNc1ccc2c(c1)C(=O)N(C1CCC(=O)NC1=O)C2=O. The number of rotatable bonds is 7. The van der Waals surface area contributed by atoms with Gasteiger partial charge in [0, 0.05) is 25.2 Å². The zero-order valence-electron chi connectivity index (χ0n) is 18.4. The van der Waals surface area contributed by atoms with E-state index in [0.29, 0.717) is 18.8 Å². The Labute approximate surface area is 186 Å². The lowest BCUT2D eigenvalue weighted by molar-refractivity contribution is -0.136. The number of piperidine rings is 1. The summed E-state index contributed by atoms with van der Waals surface area (Å²) in [5.41, 5.74) is 0.615. The summed E-state index contributed by atoms with van der Waals surface area (Å²) >= 11 is 0. The van der Waals surface area contributed by atoms with E-state index in [1.807, 2.05) is 0 Å². The molecule has 1 aromatic carbocycles. The van der Waals surface area contributed by atoms with Gasteiger partial charge in [-0.25, -0.2) is 4.79 Å². The van der Waals surface area contributed by atoms with E-state index in [1.165, 1.54) is 0 Å². The summed E-state index contributed by atoms with van der Waals surface area (Å²) in [6.07, 6.45) is 1.26.